The summed E-state index contributed by atoms with van der Waals surface area (Å²) in [6, 6.07) is 11.7. The Morgan fingerprint density at radius 3 is 2.55 bits per heavy atom. The van der Waals surface area contributed by atoms with E-state index in [4.69, 9.17) is 9.47 Å². The van der Waals surface area contributed by atoms with Crippen LogP contribution in [-0.2, 0) is 6.42 Å². The fourth-order valence-corrected chi connectivity index (χ4v) is 2.33. The number of hydrogen-bond donors (Lipinski definition) is 1. The lowest BCUT2D eigenvalue weighted by atomic mass is 10.1. The number of methoxy groups -OCH3 is 2. The predicted octanol–water partition coefficient (Wildman–Crippen LogP) is 3.08. The van der Waals surface area contributed by atoms with Crippen molar-refractivity contribution in [2.75, 3.05) is 14.2 Å². The summed E-state index contributed by atoms with van der Waals surface area (Å²) < 4.78 is 10.6. The third-order valence-electron chi connectivity index (χ3n) is 3.48. The minimum absolute atomic E-state index is 0.714. The van der Waals surface area contributed by atoms with Crippen LogP contribution < -0.4 is 9.47 Å². The first-order valence-electron chi connectivity index (χ1n) is 6.95. The van der Waals surface area contributed by atoms with Crippen molar-refractivity contribution in [3.05, 3.63) is 60.0 Å². The number of pyridine rings is 1. The molecule has 0 saturated heterocycles. The van der Waals surface area contributed by atoms with Crippen LogP contribution in [-0.4, -0.2) is 29.4 Å². The highest BCUT2D eigenvalue weighted by Crippen LogP contribution is 2.27. The second kappa shape index (κ2) is 6.30. The highest BCUT2D eigenvalue weighted by molar-refractivity contribution is 5.58. The van der Waals surface area contributed by atoms with Crippen molar-refractivity contribution in [1.29, 1.82) is 0 Å². The Morgan fingerprint density at radius 1 is 1.00 bits per heavy atom. The molecule has 22 heavy (non-hydrogen) atoms. The molecule has 0 spiro atoms. The van der Waals surface area contributed by atoms with Gasteiger partial charge in [-0.05, 0) is 24.3 Å². The second-order valence-corrected chi connectivity index (χ2v) is 4.87. The number of nitrogens with one attached hydrogen (secondary N) is 1. The van der Waals surface area contributed by atoms with E-state index in [2.05, 4.69) is 15.2 Å². The molecule has 3 rings (SSSR count). The number of H-pyrrole nitrogens is 1. The molecule has 5 nitrogen and oxygen atoms in total. The summed E-state index contributed by atoms with van der Waals surface area (Å²) >= 11 is 0. The summed E-state index contributed by atoms with van der Waals surface area (Å²) in [4.78, 5) is 4.02. The Kier molecular flexibility index (Phi) is 4.05. The third-order valence-corrected chi connectivity index (χ3v) is 3.48. The zero-order valence-electron chi connectivity index (χ0n) is 12.5. The molecule has 2 heterocycles. The molecule has 0 bridgehead atoms. The van der Waals surface area contributed by atoms with Crippen molar-refractivity contribution in [3.8, 4) is 22.8 Å². The first-order valence-corrected chi connectivity index (χ1v) is 6.95. The summed E-state index contributed by atoms with van der Waals surface area (Å²) in [5.74, 6) is 1.59. The van der Waals surface area contributed by atoms with Crippen LogP contribution >= 0.6 is 0 Å². The number of aromatic nitrogens is 3. The van der Waals surface area contributed by atoms with Crippen molar-refractivity contribution in [3.63, 3.8) is 0 Å². The van der Waals surface area contributed by atoms with Gasteiger partial charge in [0.25, 0.3) is 0 Å². The second-order valence-electron chi connectivity index (χ2n) is 4.87. The fraction of sp³-hybridized carbons (Fsp3) is 0.176. The molecule has 0 aliphatic heterocycles. The van der Waals surface area contributed by atoms with Crippen LogP contribution in [0.3, 0.4) is 0 Å². The van der Waals surface area contributed by atoms with E-state index >= 15 is 0 Å². The SMILES string of the molecule is COc1ccc(Cc2cc(-c3ccncc3)n[nH]2)c(OC)c1. The molecular formula is C17H17N3O2. The third kappa shape index (κ3) is 2.93. The number of ether oxygens (including phenoxy) is 2. The maximum absolute atomic E-state index is 5.43. The molecule has 1 N–H and O–H groups in total. The van der Waals surface area contributed by atoms with Crippen molar-refractivity contribution in [2.45, 2.75) is 6.42 Å². The largest absolute Gasteiger partial charge is 0.497 e. The monoisotopic (exact) mass is 295 g/mol. The standard InChI is InChI=1S/C17H17N3O2/c1-21-15-4-3-13(17(11-15)22-2)9-14-10-16(20-19-14)12-5-7-18-8-6-12/h3-8,10-11H,9H2,1-2H3,(H,19,20). The first kappa shape index (κ1) is 14.1. The van der Waals surface area contributed by atoms with Crippen LogP contribution in [0.15, 0.2) is 48.8 Å². The van der Waals surface area contributed by atoms with Gasteiger partial charge in [0.2, 0.25) is 0 Å². The van der Waals surface area contributed by atoms with Gasteiger partial charge >= 0.3 is 0 Å². The van der Waals surface area contributed by atoms with Crippen LogP contribution in [0.1, 0.15) is 11.3 Å². The Labute approximate surface area is 128 Å². The molecule has 0 unspecified atom stereocenters. The minimum atomic E-state index is 0.714. The summed E-state index contributed by atoms with van der Waals surface area (Å²) in [5.41, 5.74) is 4.05. The van der Waals surface area contributed by atoms with Crippen molar-refractivity contribution < 1.29 is 9.47 Å². The Hall–Kier alpha value is -2.82. The van der Waals surface area contributed by atoms with Gasteiger partial charge in [0.15, 0.2) is 0 Å². The van der Waals surface area contributed by atoms with Gasteiger partial charge in [-0.1, -0.05) is 6.07 Å². The molecule has 5 heteroatoms. The maximum atomic E-state index is 5.43. The lowest BCUT2D eigenvalue weighted by molar-refractivity contribution is 0.391. The molecule has 0 aliphatic rings. The van der Waals surface area contributed by atoms with Crippen LogP contribution in [0.4, 0.5) is 0 Å². The Morgan fingerprint density at radius 2 is 1.82 bits per heavy atom. The van der Waals surface area contributed by atoms with Gasteiger partial charge in [0.05, 0.1) is 19.9 Å². The lowest BCUT2D eigenvalue weighted by Gasteiger charge is -2.09. The molecule has 0 saturated carbocycles. The summed E-state index contributed by atoms with van der Waals surface area (Å²) in [7, 11) is 3.30. The summed E-state index contributed by atoms with van der Waals surface area (Å²) in [6.45, 7) is 0. The zero-order valence-corrected chi connectivity index (χ0v) is 12.5. The molecule has 0 fully saturated rings. The number of rotatable bonds is 5. The number of nitrogens with zero attached hydrogens (tertiary/aromatic N) is 2. The van der Waals surface area contributed by atoms with E-state index in [1.54, 1.807) is 26.6 Å². The highest BCUT2D eigenvalue weighted by atomic mass is 16.5. The quantitative estimate of drug-likeness (QED) is 0.786. The predicted molar refractivity (Wildman–Crippen MR) is 84.2 cm³/mol. The topological polar surface area (TPSA) is 60.0 Å². The van der Waals surface area contributed by atoms with Crippen LogP contribution in [0.5, 0.6) is 11.5 Å². The summed E-state index contributed by atoms with van der Waals surface area (Å²) in [5, 5.41) is 7.43. The molecule has 1 aromatic carbocycles. The minimum Gasteiger partial charge on any atom is -0.497 e. The van der Waals surface area contributed by atoms with Gasteiger partial charge in [-0.25, -0.2) is 0 Å². The van der Waals surface area contributed by atoms with Crippen molar-refractivity contribution in [2.24, 2.45) is 0 Å². The molecule has 3 aromatic rings. The Bertz CT molecular complexity index is 754. The molecule has 0 radical (unpaired) electrons. The average Bonchev–Trinajstić information content (AvgIpc) is 3.04. The van der Waals surface area contributed by atoms with E-state index in [0.29, 0.717) is 6.42 Å². The zero-order chi connectivity index (χ0) is 15.4. The molecule has 112 valence electrons. The highest BCUT2D eigenvalue weighted by Gasteiger charge is 2.09. The molecule has 0 atom stereocenters. The van der Waals surface area contributed by atoms with E-state index in [9.17, 15) is 0 Å². The van der Waals surface area contributed by atoms with Gasteiger partial charge in [-0.15, -0.1) is 0 Å². The van der Waals surface area contributed by atoms with E-state index in [-0.39, 0.29) is 0 Å². The Balaban J connectivity index is 1.84. The van der Waals surface area contributed by atoms with Crippen molar-refractivity contribution >= 4 is 0 Å². The maximum Gasteiger partial charge on any atom is 0.126 e. The average molecular weight is 295 g/mol. The number of hydrogen-bond acceptors (Lipinski definition) is 4. The van der Waals surface area contributed by atoms with Gasteiger partial charge in [0.1, 0.15) is 11.5 Å². The van der Waals surface area contributed by atoms with Crippen LogP contribution in [0.2, 0.25) is 0 Å². The van der Waals surface area contributed by atoms with E-state index < -0.39 is 0 Å². The molecule has 0 aliphatic carbocycles. The number of benzene rings is 1. The first-order chi connectivity index (χ1) is 10.8. The van der Waals surface area contributed by atoms with Crippen LogP contribution in [0.25, 0.3) is 11.3 Å². The van der Waals surface area contributed by atoms with Gasteiger partial charge < -0.3 is 9.47 Å². The van der Waals surface area contributed by atoms with Gasteiger partial charge in [-0.2, -0.15) is 5.10 Å². The molecule has 2 aromatic heterocycles. The lowest BCUT2D eigenvalue weighted by Crippen LogP contribution is -1.95. The van der Waals surface area contributed by atoms with E-state index in [1.807, 2.05) is 36.4 Å². The summed E-state index contributed by atoms with van der Waals surface area (Å²) in [6.07, 6.45) is 4.23. The van der Waals surface area contributed by atoms with E-state index in [1.165, 1.54) is 0 Å². The smallest absolute Gasteiger partial charge is 0.126 e. The van der Waals surface area contributed by atoms with Crippen LogP contribution in [0, 0.1) is 0 Å². The molecule has 0 amide bonds. The van der Waals surface area contributed by atoms with E-state index in [0.717, 1.165) is 34.0 Å². The van der Waals surface area contributed by atoms with Gasteiger partial charge in [-0.3, -0.25) is 10.1 Å². The normalized spacial score (nSPS) is 10.5. The number of aromatic amines is 1. The van der Waals surface area contributed by atoms with Crippen molar-refractivity contribution in [1.82, 2.24) is 15.2 Å². The molecular weight excluding hydrogens is 278 g/mol. The fourth-order valence-electron chi connectivity index (χ4n) is 2.33. The van der Waals surface area contributed by atoms with Gasteiger partial charge in [0, 0.05) is 41.7 Å².